The van der Waals surface area contributed by atoms with Crippen molar-refractivity contribution >= 4 is 28.7 Å². The molecular formula is C20H25ClN6O3. The zero-order valence-electron chi connectivity index (χ0n) is 17.3. The van der Waals surface area contributed by atoms with Crippen LogP contribution in [0.2, 0.25) is 5.15 Å². The summed E-state index contributed by atoms with van der Waals surface area (Å²) in [5.74, 6) is 0.762. The molecule has 1 aliphatic heterocycles. The molecule has 0 aliphatic carbocycles. The van der Waals surface area contributed by atoms with E-state index in [1.165, 1.54) is 4.57 Å². The summed E-state index contributed by atoms with van der Waals surface area (Å²) >= 11 is 6.39. The minimum absolute atomic E-state index is 0.0125. The van der Waals surface area contributed by atoms with E-state index in [1.54, 1.807) is 17.9 Å². The lowest BCUT2D eigenvalue weighted by Gasteiger charge is -2.22. The number of fused-ring (bicyclic) bond motifs is 1. The SMILES string of the molecule is COc1c(C)cnc(Cn2c(=O)n(CC3CCCCO3)c3c(Cl)nc(N)nc32)c1C. The van der Waals surface area contributed by atoms with E-state index in [1.807, 2.05) is 13.8 Å². The fraction of sp³-hybridized carbons (Fsp3) is 0.500. The summed E-state index contributed by atoms with van der Waals surface area (Å²) in [5.41, 5.74) is 8.94. The van der Waals surface area contributed by atoms with Gasteiger partial charge in [-0.25, -0.2) is 4.79 Å². The second kappa shape index (κ2) is 8.23. The Kier molecular flexibility index (Phi) is 5.66. The van der Waals surface area contributed by atoms with Crippen LogP contribution in [0.25, 0.3) is 11.2 Å². The van der Waals surface area contributed by atoms with Gasteiger partial charge in [0.15, 0.2) is 10.8 Å². The highest BCUT2D eigenvalue weighted by Gasteiger charge is 2.24. The topological polar surface area (TPSA) is 110 Å². The molecule has 2 N–H and O–H groups in total. The molecule has 160 valence electrons. The first-order valence-electron chi connectivity index (χ1n) is 9.93. The molecule has 1 unspecified atom stereocenters. The Morgan fingerprint density at radius 3 is 2.80 bits per heavy atom. The van der Waals surface area contributed by atoms with Crippen LogP contribution in [0.5, 0.6) is 5.75 Å². The molecule has 1 aliphatic rings. The summed E-state index contributed by atoms with van der Waals surface area (Å²) in [5, 5.41) is 0.148. The van der Waals surface area contributed by atoms with Crippen molar-refractivity contribution in [3.8, 4) is 5.75 Å². The number of nitrogens with zero attached hydrogens (tertiary/aromatic N) is 5. The molecule has 0 aromatic carbocycles. The molecule has 4 heterocycles. The molecular weight excluding hydrogens is 408 g/mol. The molecule has 30 heavy (non-hydrogen) atoms. The van der Waals surface area contributed by atoms with Crippen molar-refractivity contribution in [1.29, 1.82) is 0 Å². The Morgan fingerprint density at radius 2 is 2.10 bits per heavy atom. The number of imidazole rings is 1. The van der Waals surface area contributed by atoms with Crippen LogP contribution in [0.3, 0.4) is 0 Å². The van der Waals surface area contributed by atoms with E-state index in [4.69, 9.17) is 26.8 Å². The van der Waals surface area contributed by atoms with Crippen molar-refractivity contribution < 1.29 is 9.47 Å². The summed E-state index contributed by atoms with van der Waals surface area (Å²) < 4.78 is 14.5. The lowest BCUT2D eigenvalue weighted by atomic mass is 10.1. The van der Waals surface area contributed by atoms with E-state index >= 15 is 0 Å². The number of anilines is 1. The van der Waals surface area contributed by atoms with E-state index in [0.717, 1.165) is 36.1 Å². The average molecular weight is 433 g/mol. The summed E-state index contributed by atoms with van der Waals surface area (Å²) in [7, 11) is 1.62. The van der Waals surface area contributed by atoms with Crippen molar-refractivity contribution in [2.24, 2.45) is 0 Å². The van der Waals surface area contributed by atoms with Crippen molar-refractivity contribution in [2.45, 2.75) is 52.3 Å². The normalized spacial score (nSPS) is 16.9. The Bertz CT molecular complexity index is 1150. The first-order chi connectivity index (χ1) is 14.4. The molecule has 3 aromatic rings. The Hall–Kier alpha value is -2.65. The molecule has 1 fully saturated rings. The average Bonchev–Trinajstić information content (AvgIpc) is 2.97. The number of rotatable bonds is 5. The maximum absolute atomic E-state index is 13.4. The molecule has 0 bridgehead atoms. The third kappa shape index (κ3) is 3.63. The number of hydrogen-bond donors (Lipinski definition) is 1. The van der Waals surface area contributed by atoms with Crippen molar-refractivity contribution in [2.75, 3.05) is 19.5 Å². The number of halogens is 1. The molecule has 3 aromatic heterocycles. The number of hydrogen-bond acceptors (Lipinski definition) is 7. The van der Waals surface area contributed by atoms with Crippen molar-refractivity contribution in [3.05, 3.63) is 38.7 Å². The quantitative estimate of drug-likeness (QED) is 0.616. The second-order valence-electron chi connectivity index (χ2n) is 7.56. The molecule has 0 spiro atoms. The van der Waals surface area contributed by atoms with Crippen LogP contribution in [0.15, 0.2) is 11.0 Å². The van der Waals surface area contributed by atoms with E-state index in [-0.39, 0.29) is 29.4 Å². The first-order valence-corrected chi connectivity index (χ1v) is 10.3. The van der Waals surface area contributed by atoms with Crippen LogP contribution >= 0.6 is 11.6 Å². The van der Waals surface area contributed by atoms with Crippen LogP contribution in [0, 0.1) is 13.8 Å². The standard InChI is InChI=1S/C20H25ClN6O3/c1-11-8-23-14(12(2)16(11)29-3)10-27-18-15(17(21)24-19(22)25-18)26(20(27)28)9-13-6-4-5-7-30-13/h8,13H,4-7,9-10H2,1-3H3,(H2,22,24,25). The number of methoxy groups -OCH3 is 1. The maximum atomic E-state index is 13.4. The highest BCUT2D eigenvalue weighted by atomic mass is 35.5. The van der Waals surface area contributed by atoms with E-state index in [9.17, 15) is 4.79 Å². The van der Waals surface area contributed by atoms with Gasteiger partial charge in [-0.15, -0.1) is 0 Å². The van der Waals surface area contributed by atoms with Gasteiger partial charge in [0.2, 0.25) is 5.95 Å². The van der Waals surface area contributed by atoms with Gasteiger partial charge in [0.05, 0.1) is 32.0 Å². The molecule has 4 rings (SSSR count). The number of pyridine rings is 1. The Balaban J connectivity index is 1.84. The molecule has 0 amide bonds. The lowest BCUT2D eigenvalue weighted by molar-refractivity contribution is 0.00602. The number of aromatic nitrogens is 5. The van der Waals surface area contributed by atoms with Crippen LogP contribution in [0.1, 0.15) is 36.1 Å². The third-order valence-corrected chi connectivity index (χ3v) is 5.81. The number of nitrogen functional groups attached to an aromatic ring is 1. The fourth-order valence-electron chi connectivity index (χ4n) is 4.03. The highest BCUT2D eigenvalue weighted by Crippen LogP contribution is 2.27. The number of aryl methyl sites for hydroxylation is 1. The van der Waals surface area contributed by atoms with Crippen molar-refractivity contribution in [3.63, 3.8) is 0 Å². The van der Waals surface area contributed by atoms with E-state index in [2.05, 4.69) is 15.0 Å². The van der Waals surface area contributed by atoms with Gasteiger partial charge in [0, 0.05) is 23.9 Å². The molecule has 0 saturated carbocycles. The Labute approximate surface area is 178 Å². The minimum atomic E-state index is -0.248. The van der Waals surface area contributed by atoms with Gasteiger partial charge in [-0.1, -0.05) is 11.6 Å². The zero-order valence-corrected chi connectivity index (χ0v) is 18.1. The van der Waals surface area contributed by atoms with Gasteiger partial charge in [0.1, 0.15) is 11.3 Å². The van der Waals surface area contributed by atoms with Gasteiger partial charge in [-0.05, 0) is 33.1 Å². The zero-order chi connectivity index (χ0) is 21.4. The van der Waals surface area contributed by atoms with Gasteiger partial charge < -0.3 is 15.2 Å². The van der Waals surface area contributed by atoms with Crippen LogP contribution in [0.4, 0.5) is 5.95 Å². The molecule has 0 radical (unpaired) electrons. The smallest absolute Gasteiger partial charge is 0.330 e. The minimum Gasteiger partial charge on any atom is -0.496 e. The predicted octanol–water partition coefficient (Wildman–Crippen LogP) is 2.47. The van der Waals surface area contributed by atoms with Gasteiger partial charge in [-0.3, -0.25) is 14.1 Å². The van der Waals surface area contributed by atoms with Crippen LogP contribution < -0.4 is 16.2 Å². The summed E-state index contributed by atoms with van der Waals surface area (Å²) in [6.07, 6.45) is 4.68. The third-order valence-electron chi connectivity index (χ3n) is 5.55. The van der Waals surface area contributed by atoms with E-state index in [0.29, 0.717) is 30.0 Å². The molecule has 10 heteroatoms. The predicted molar refractivity (Wildman–Crippen MR) is 114 cm³/mol. The second-order valence-corrected chi connectivity index (χ2v) is 7.92. The summed E-state index contributed by atoms with van der Waals surface area (Å²) in [6, 6.07) is 0. The Morgan fingerprint density at radius 1 is 1.30 bits per heavy atom. The summed E-state index contributed by atoms with van der Waals surface area (Å²) in [6.45, 7) is 5.15. The van der Waals surface area contributed by atoms with Gasteiger partial charge >= 0.3 is 5.69 Å². The lowest BCUT2D eigenvalue weighted by Crippen LogP contribution is -2.32. The fourth-order valence-corrected chi connectivity index (χ4v) is 4.30. The van der Waals surface area contributed by atoms with E-state index < -0.39 is 0 Å². The van der Waals surface area contributed by atoms with Gasteiger partial charge in [0.25, 0.3) is 0 Å². The molecule has 1 atom stereocenters. The van der Waals surface area contributed by atoms with Crippen LogP contribution in [-0.4, -0.2) is 43.9 Å². The monoisotopic (exact) mass is 432 g/mol. The largest absolute Gasteiger partial charge is 0.496 e. The summed E-state index contributed by atoms with van der Waals surface area (Å²) in [4.78, 5) is 26.3. The van der Waals surface area contributed by atoms with Crippen molar-refractivity contribution in [1.82, 2.24) is 24.1 Å². The molecule has 9 nitrogen and oxygen atoms in total. The number of nitrogens with two attached hydrogens (primary N) is 1. The number of ether oxygens (including phenoxy) is 2. The highest BCUT2D eigenvalue weighted by molar-refractivity contribution is 6.33. The first kappa shape index (κ1) is 20.6. The van der Waals surface area contributed by atoms with Crippen LogP contribution in [-0.2, 0) is 17.8 Å². The van der Waals surface area contributed by atoms with Gasteiger partial charge in [-0.2, -0.15) is 9.97 Å². The molecule has 1 saturated heterocycles. The maximum Gasteiger partial charge on any atom is 0.330 e.